The van der Waals surface area contributed by atoms with E-state index >= 15 is 0 Å². The van der Waals surface area contributed by atoms with Gasteiger partial charge in [0.05, 0.1) is 25.3 Å². The zero-order valence-corrected chi connectivity index (χ0v) is 17.8. The molecule has 162 valence electrons. The van der Waals surface area contributed by atoms with E-state index in [1.807, 2.05) is 30.3 Å². The molecule has 7 nitrogen and oxygen atoms in total. The highest BCUT2D eigenvalue weighted by Gasteiger charge is 2.34. The number of allylic oxidation sites excluding steroid dienone is 1. The number of fused-ring (bicyclic) bond motifs is 3. The number of para-hydroxylation sites is 1. The maximum absolute atomic E-state index is 13.1. The standard InChI is InChI=1S/C25H22N2O5/c1-29-21-5-3-4-17(24(21)30-2)12-22-23(28)18-6-7-20-19(25(18)32-22)14-27(15-31-20)13-16-8-10-26-11-9-16/h3-12H,13-15H2,1-2H3/b22-12-. The first kappa shape index (κ1) is 20.1. The van der Waals surface area contributed by atoms with E-state index in [0.29, 0.717) is 48.2 Å². The maximum atomic E-state index is 13.1. The van der Waals surface area contributed by atoms with E-state index < -0.39 is 0 Å². The summed E-state index contributed by atoms with van der Waals surface area (Å²) in [7, 11) is 3.14. The number of Topliss-reactive ketones (excluding diaryl/α,β-unsaturated/α-hetero) is 1. The minimum Gasteiger partial charge on any atom is -0.493 e. The first-order chi connectivity index (χ1) is 15.7. The van der Waals surface area contributed by atoms with Crippen LogP contribution in [0.25, 0.3) is 6.08 Å². The largest absolute Gasteiger partial charge is 0.493 e. The van der Waals surface area contributed by atoms with Crippen LogP contribution in [-0.4, -0.2) is 36.6 Å². The summed E-state index contributed by atoms with van der Waals surface area (Å²) in [6.45, 7) is 1.79. The number of benzene rings is 2. The van der Waals surface area contributed by atoms with Gasteiger partial charge in [-0.3, -0.25) is 14.7 Å². The normalized spacial score (nSPS) is 16.2. The van der Waals surface area contributed by atoms with Crippen molar-refractivity contribution in [1.29, 1.82) is 0 Å². The van der Waals surface area contributed by atoms with E-state index in [2.05, 4.69) is 9.88 Å². The highest BCUT2D eigenvalue weighted by Crippen LogP contribution is 2.43. The Hall–Kier alpha value is -3.84. The molecule has 32 heavy (non-hydrogen) atoms. The molecule has 0 spiro atoms. The molecule has 0 saturated carbocycles. The molecule has 0 saturated heterocycles. The zero-order valence-electron chi connectivity index (χ0n) is 17.8. The number of hydrogen-bond acceptors (Lipinski definition) is 7. The van der Waals surface area contributed by atoms with Crippen molar-refractivity contribution in [2.75, 3.05) is 21.0 Å². The predicted octanol–water partition coefficient (Wildman–Crippen LogP) is 4.07. The van der Waals surface area contributed by atoms with Gasteiger partial charge in [0.1, 0.15) is 18.2 Å². The van der Waals surface area contributed by atoms with Gasteiger partial charge < -0.3 is 18.9 Å². The van der Waals surface area contributed by atoms with Crippen molar-refractivity contribution in [1.82, 2.24) is 9.88 Å². The van der Waals surface area contributed by atoms with Crippen LogP contribution in [-0.2, 0) is 13.1 Å². The molecule has 0 aliphatic carbocycles. The van der Waals surface area contributed by atoms with E-state index in [1.165, 1.54) is 0 Å². The second-order valence-electron chi connectivity index (χ2n) is 7.56. The monoisotopic (exact) mass is 430 g/mol. The Morgan fingerprint density at radius 2 is 1.94 bits per heavy atom. The van der Waals surface area contributed by atoms with Crippen LogP contribution in [0.3, 0.4) is 0 Å². The number of carbonyl (C=O) groups is 1. The number of methoxy groups -OCH3 is 2. The van der Waals surface area contributed by atoms with Crippen LogP contribution in [0.5, 0.6) is 23.0 Å². The summed E-state index contributed by atoms with van der Waals surface area (Å²) in [5, 5.41) is 0. The van der Waals surface area contributed by atoms with Crippen LogP contribution in [0.4, 0.5) is 0 Å². The minimum atomic E-state index is -0.168. The molecule has 0 fully saturated rings. The predicted molar refractivity (Wildman–Crippen MR) is 118 cm³/mol. The van der Waals surface area contributed by atoms with Gasteiger partial charge in [-0.1, -0.05) is 12.1 Å². The van der Waals surface area contributed by atoms with Crippen LogP contribution in [0.1, 0.15) is 27.0 Å². The fourth-order valence-electron chi connectivity index (χ4n) is 4.02. The number of pyridine rings is 1. The average molecular weight is 430 g/mol. The molecule has 0 amide bonds. The van der Waals surface area contributed by atoms with E-state index in [1.54, 1.807) is 44.8 Å². The Morgan fingerprint density at radius 1 is 1.09 bits per heavy atom. The number of hydrogen-bond donors (Lipinski definition) is 0. The number of nitrogens with zero attached hydrogens (tertiary/aromatic N) is 2. The molecule has 2 aliphatic heterocycles. The lowest BCUT2D eigenvalue weighted by Gasteiger charge is -2.29. The summed E-state index contributed by atoms with van der Waals surface area (Å²) in [6.07, 6.45) is 5.24. The number of ether oxygens (including phenoxy) is 4. The Bertz CT molecular complexity index is 1210. The van der Waals surface area contributed by atoms with Gasteiger partial charge in [0, 0.05) is 31.0 Å². The highest BCUT2D eigenvalue weighted by atomic mass is 16.5. The van der Waals surface area contributed by atoms with Gasteiger partial charge in [0.25, 0.3) is 0 Å². The van der Waals surface area contributed by atoms with Gasteiger partial charge in [0.2, 0.25) is 5.78 Å². The highest BCUT2D eigenvalue weighted by molar-refractivity contribution is 6.15. The van der Waals surface area contributed by atoms with Crippen LogP contribution in [0.15, 0.2) is 60.6 Å². The third kappa shape index (κ3) is 3.56. The molecule has 1 aromatic heterocycles. The van der Waals surface area contributed by atoms with E-state index in [4.69, 9.17) is 18.9 Å². The molecule has 5 rings (SSSR count). The van der Waals surface area contributed by atoms with Crippen molar-refractivity contribution < 1.29 is 23.7 Å². The number of rotatable bonds is 5. The number of ketones is 1. The minimum absolute atomic E-state index is 0.168. The van der Waals surface area contributed by atoms with Gasteiger partial charge >= 0.3 is 0 Å². The summed E-state index contributed by atoms with van der Waals surface area (Å²) in [6, 6.07) is 13.1. The van der Waals surface area contributed by atoms with Crippen molar-refractivity contribution in [3.8, 4) is 23.0 Å². The van der Waals surface area contributed by atoms with Gasteiger partial charge in [-0.05, 0) is 42.0 Å². The molecular formula is C25H22N2O5. The van der Waals surface area contributed by atoms with Crippen LogP contribution in [0.2, 0.25) is 0 Å². The molecule has 0 atom stereocenters. The first-order valence-corrected chi connectivity index (χ1v) is 10.2. The van der Waals surface area contributed by atoms with Gasteiger partial charge in [-0.2, -0.15) is 0 Å². The molecule has 0 radical (unpaired) electrons. The molecule has 0 bridgehead atoms. The Kier molecular flexibility index (Phi) is 5.25. The molecule has 2 aliphatic rings. The summed E-state index contributed by atoms with van der Waals surface area (Å²) in [5.41, 5.74) is 3.25. The zero-order chi connectivity index (χ0) is 22.1. The van der Waals surface area contributed by atoms with Gasteiger partial charge in [-0.15, -0.1) is 0 Å². The fourth-order valence-corrected chi connectivity index (χ4v) is 4.02. The summed E-state index contributed by atoms with van der Waals surface area (Å²) in [4.78, 5) is 19.3. The van der Waals surface area contributed by atoms with Crippen LogP contribution in [0, 0.1) is 0 Å². The third-order valence-electron chi connectivity index (χ3n) is 5.56. The van der Waals surface area contributed by atoms with Crippen molar-refractivity contribution in [3.63, 3.8) is 0 Å². The van der Waals surface area contributed by atoms with E-state index in [-0.39, 0.29) is 11.5 Å². The topological polar surface area (TPSA) is 70.1 Å². The molecule has 0 unspecified atom stereocenters. The Labute approximate surface area is 185 Å². The lowest BCUT2D eigenvalue weighted by molar-refractivity contribution is 0.0872. The van der Waals surface area contributed by atoms with E-state index in [0.717, 1.165) is 16.9 Å². The maximum Gasteiger partial charge on any atom is 0.231 e. The Morgan fingerprint density at radius 3 is 2.72 bits per heavy atom. The summed E-state index contributed by atoms with van der Waals surface area (Å²) >= 11 is 0. The smallest absolute Gasteiger partial charge is 0.231 e. The molecular weight excluding hydrogens is 408 g/mol. The Balaban J connectivity index is 1.45. The number of aromatic nitrogens is 1. The second kappa shape index (κ2) is 8.36. The third-order valence-corrected chi connectivity index (χ3v) is 5.56. The van der Waals surface area contributed by atoms with E-state index in [9.17, 15) is 4.79 Å². The molecule has 3 aromatic rings. The van der Waals surface area contributed by atoms with Crippen LogP contribution >= 0.6 is 0 Å². The SMILES string of the molecule is COc1cccc(/C=C2\Oc3c(ccc4c3CN(Cc3ccncc3)CO4)C2=O)c1OC. The molecule has 0 N–H and O–H groups in total. The van der Waals surface area contributed by atoms with Crippen molar-refractivity contribution >= 4 is 11.9 Å². The van der Waals surface area contributed by atoms with Crippen molar-refractivity contribution in [3.05, 3.63) is 82.9 Å². The summed E-state index contributed by atoms with van der Waals surface area (Å²) < 4.78 is 22.9. The van der Waals surface area contributed by atoms with Crippen molar-refractivity contribution in [2.24, 2.45) is 0 Å². The quantitative estimate of drug-likeness (QED) is 0.565. The summed E-state index contributed by atoms with van der Waals surface area (Å²) in [5.74, 6) is 2.50. The van der Waals surface area contributed by atoms with Gasteiger partial charge in [-0.25, -0.2) is 0 Å². The molecule has 3 heterocycles. The van der Waals surface area contributed by atoms with Crippen LogP contribution < -0.4 is 18.9 Å². The first-order valence-electron chi connectivity index (χ1n) is 10.2. The van der Waals surface area contributed by atoms with Crippen molar-refractivity contribution in [2.45, 2.75) is 13.1 Å². The molecule has 2 aromatic carbocycles. The molecule has 7 heteroatoms. The fraction of sp³-hybridized carbons (Fsp3) is 0.200. The second-order valence-corrected chi connectivity index (χ2v) is 7.56. The lowest BCUT2D eigenvalue weighted by Crippen LogP contribution is -2.31. The average Bonchev–Trinajstić information content (AvgIpc) is 3.15. The number of carbonyl (C=O) groups excluding carboxylic acids is 1. The van der Waals surface area contributed by atoms with Gasteiger partial charge in [0.15, 0.2) is 17.3 Å². The lowest BCUT2D eigenvalue weighted by atomic mass is 10.0.